The van der Waals surface area contributed by atoms with Crippen molar-refractivity contribution in [3.05, 3.63) is 65.4 Å². The van der Waals surface area contributed by atoms with Gasteiger partial charge < -0.3 is 15.5 Å². The van der Waals surface area contributed by atoms with E-state index in [-0.39, 0.29) is 5.91 Å². The maximum atomic E-state index is 13.8. The molecule has 0 spiro atoms. The second-order valence-electron chi connectivity index (χ2n) is 8.43. The zero-order chi connectivity index (χ0) is 25.2. The van der Waals surface area contributed by atoms with Gasteiger partial charge in [0.1, 0.15) is 11.5 Å². The standard InChI is InChI=1S/C25H26N6O4S/c1-16-27-12-4-13-29(16)18-7-9-19(10-8-18)30-14-11-21-22(25(30)33)31(28-24(21)36-35-34-2)20-6-3-5-17(15-20)23(26)32/h3,5-10,15H,4,11-14H2,1-2H3,(H2,26,32). The number of amidine groups is 1. The Hall–Kier alpha value is -3.67. The molecular formula is C25H26N6O4S. The summed E-state index contributed by atoms with van der Waals surface area (Å²) in [6, 6.07) is 14.7. The van der Waals surface area contributed by atoms with E-state index in [1.807, 2.05) is 31.2 Å². The van der Waals surface area contributed by atoms with E-state index >= 15 is 0 Å². The average molecular weight is 507 g/mol. The molecule has 186 valence electrons. The number of benzene rings is 2. The van der Waals surface area contributed by atoms with E-state index in [9.17, 15) is 9.59 Å². The molecule has 2 amide bonds. The van der Waals surface area contributed by atoms with Crippen molar-refractivity contribution in [2.24, 2.45) is 10.7 Å². The monoisotopic (exact) mass is 506 g/mol. The van der Waals surface area contributed by atoms with Gasteiger partial charge in [-0.2, -0.15) is 9.43 Å². The summed E-state index contributed by atoms with van der Waals surface area (Å²) in [6.45, 7) is 4.29. The highest BCUT2D eigenvalue weighted by atomic mass is 32.2. The van der Waals surface area contributed by atoms with Gasteiger partial charge in [-0.05, 0) is 62.2 Å². The molecular weight excluding hydrogens is 480 g/mol. The van der Waals surface area contributed by atoms with Crippen LogP contribution >= 0.6 is 12.0 Å². The van der Waals surface area contributed by atoms with E-state index in [0.717, 1.165) is 54.3 Å². The number of carbonyl (C=O) groups excluding carboxylic acids is 2. The largest absolute Gasteiger partial charge is 0.366 e. The second kappa shape index (κ2) is 10.1. The molecule has 0 unspecified atom stereocenters. The van der Waals surface area contributed by atoms with Crippen LogP contribution in [0.5, 0.6) is 0 Å². The van der Waals surface area contributed by atoms with Crippen LogP contribution in [0.2, 0.25) is 0 Å². The van der Waals surface area contributed by atoms with Gasteiger partial charge >= 0.3 is 0 Å². The number of carbonyl (C=O) groups is 2. The van der Waals surface area contributed by atoms with Crippen LogP contribution in [-0.4, -0.2) is 54.2 Å². The van der Waals surface area contributed by atoms with Gasteiger partial charge in [-0.1, -0.05) is 6.07 Å². The van der Waals surface area contributed by atoms with Crippen LogP contribution in [-0.2, 0) is 15.6 Å². The van der Waals surface area contributed by atoms with Gasteiger partial charge in [0.2, 0.25) is 5.91 Å². The van der Waals surface area contributed by atoms with Crippen LogP contribution in [0, 0.1) is 0 Å². The molecule has 2 aliphatic rings. The first-order valence-corrected chi connectivity index (χ1v) is 12.3. The number of fused-ring (bicyclic) bond motifs is 1. The Bertz CT molecular complexity index is 1340. The third-order valence-corrected chi connectivity index (χ3v) is 6.97. The smallest absolute Gasteiger partial charge is 0.277 e. The number of aliphatic imine (C=N–C) groups is 1. The van der Waals surface area contributed by atoms with E-state index in [0.29, 0.717) is 34.9 Å². The van der Waals surface area contributed by atoms with Crippen LogP contribution in [0.3, 0.4) is 0 Å². The normalized spacial score (nSPS) is 15.6. The fourth-order valence-electron chi connectivity index (χ4n) is 4.53. The first-order chi connectivity index (χ1) is 17.5. The summed E-state index contributed by atoms with van der Waals surface area (Å²) in [5.74, 6) is 0.247. The van der Waals surface area contributed by atoms with Gasteiger partial charge in [0.05, 0.1) is 24.8 Å². The first-order valence-electron chi connectivity index (χ1n) is 11.6. The number of anilines is 2. The Morgan fingerprint density at radius 2 is 1.81 bits per heavy atom. The molecule has 0 saturated heterocycles. The van der Waals surface area contributed by atoms with Gasteiger partial charge in [0, 0.05) is 42.1 Å². The first kappa shape index (κ1) is 24.0. The molecule has 1 aromatic heterocycles. The molecule has 3 heterocycles. The molecule has 0 bridgehead atoms. The lowest BCUT2D eigenvalue weighted by atomic mass is 10.1. The minimum Gasteiger partial charge on any atom is -0.366 e. The van der Waals surface area contributed by atoms with E-state index in [1.54, 1.807) is 33.8 Å². The van der Waals surface area contributed by atoms with Gasteiger partial charge in [0.25, 0.3) is 5.91 Å². The Labute approximate surface area is 212 Å². The van der Waals surface area contributed by atoms with Crippen molar-refractivity contribution in [3.8, 4) is 5.69 Å². The number of hydrogen-bond acceptors (Lipinski definition) is 8. The number of aromatic nitrogens is 2. The summed E-state index contributed by atoms with van der Waals surface area (Å²) in [6.07, 6.45) is 1.59. The van der Waals surface area contributed by atoms with Gasteiger partial charge in [-0.15, -0.1) is 0 Å². The number of rotatable bonds is 7. The SMILES string of the molecule is COOSc1nn(-c2cccc(C(N)=O)c2)c2c1CCN(c1ccc(N3CCCN=C3C)cc1)C2=O. The summed E-state index contributed by atoms with van der Waals surface area (Å²) in [5, 5.41) is 5.14. The van der Waals surface area contributed by atoms with Crippen molar-refractivity contribution in [1.29, 1.82) is 0 Å². The van der Waals surface area contributed by atoms with Crippen molar-refractivity contribution in [1.82, 2.24) is 9.78 Å². The summed E-state index contributed by atoms with van der Waals surface area (Å²) in [7, 11) is 1.40. The van der Waals surface area contributed by atoms with Crippen molar-refractivity contribution < 1.29 is 18.8 Å². The summed E-state index contributed by atoms with van der Waals surface area (Å²) in [5.41, 5.74) is 9.37. The van der Waals surface area contributed by atoms with Crippen molar-refractivity contribution in [3.63, 3.8) is 0 Å². The molecule has 3 aromatic rings. The minimum atomic E-state index is -0.558. The third-order valence-electron chi connectivity index (χ3n) is 6.28. The fraction of sp³-hybridized carbons (Fsp3) is 0.280. The van der Waals surface area contributed by atoms with Crippen molar-refractivity contribution in [2.75, 3.05) is 36.5 Å². The van der Waals surface area contributed by atoms with E-state index < -0.39 is 5.91 Å². The maximum Gasteiger partial charge on any atom is 0.277 e. The molecule has 11 heteroatoms. The molecule has 36 heavy (non-hydrogen) atoms. The van der Waals surface area contributed by atoms with E-state index in [2.05, 4.69) is 15.0 Å². The van der Waals surface area contributed by atoms with Crippen LogP contribution in [0.25, 0.3) is 5.69 Å². The highest BCUT2D eigenvalue weighted by Gasteiger charge is 2.34. The molecule has 2 aromatic carbocycles. The quantitative estimate of drug-likeness (QED) is 0.297. The maximum absolute atomic E-state index is 13.8. The highest BCUT2D eigenvalue weighted by molar-refractivity contribution is 7.94. The lowest BCUT2D eigenvalue weighted by molar-refractivity contribution is -0.160. The Morgan fingerprint density at radius 3 is 2.50 bits per heavy atom. The molecule has 5 rings (SSSR count). The lowest BCUT2D eigenvalue weighted by Crippen LogP contribution is -2.39. The lowest BCUT2D eigenvalue weighted by Gasteiger charge is -2.30. The number of primary amides is 1. The average Bonchev–Trinajstić information content (AvgIpc) is 3.28. The predicted molar refractivity (Wildman–Crippen MR) is 138 cm³/mol. The van der Waals surface area contributed by atoms with Crippen LogP contribution in [0.15, 0.2) is 58.5 Å². The minimum absolute atomic E-state index is 0.194. The number of amides is 2. The Kier molecular flexibility index (Phi) is 6.77. The molecule has 0 radical (unpaired) electrons. The number of hydrogen-bond donors (Lipinski definition) is 1. The summed E-state index contributed by atoms with van der Waals surface area (Å²) in [4.78, 5) is 38.8. The van der Waals surface area contributed by atoms with Gasteiger partial charge in [-0.25, -0.2) is 9.57 Å². The molecule has 0 atom stereocenters. The van der Waals surface area contributed by atoms with Crippen molar-refractivity contribution >= 4 is 41.1 Å². The number of nitrogens with two attached hydrogens (primary N) is 1. The van der Waals surface area contributed by atoms with Crippen LogP contribution in [0.4, 0.5) is 11.4 Å². The van der Waals surface area contributed by atoms with Gasteiger partial charge in [0.15, 0.2) is 5.03 Å². The molecule has 0 saturated carbocycles. The Morgan fingerprint density at radius 1 is 1.06 bits per heavy atom. The predicted octanol–water partition coefficient (Wildman–Crippen LogP) is 3.39. The second-order valence-corrected chi connectivity index (χ2v) is 9.12. The van der Waals surface area contributed by atoms with Gasteiger partial charge in [-0.3, -0.25) is 14.6 Å². The number of nitrogens with zero attached hydrogens (tertiary/aromatic N) is 5. The molecule has 2 aliphatic heterocycles. The molecule has 0 fully saturated rings. The highest BCUT2D eigenvalue weighted by Crippen LogP contribution is 2.34. The summed E-state index contributed by atoms with van der Waals surface area (Å²) >= 11 is 0.945. The van der Waals surface area contributed by atoms with Crippen molar-refractivity contribution in [2.45, 2.75) is 24.8 Å². The van der Waals surface area contributed by atoms with Crippen LogP contribution < -0.4 is 15.5 Å². The molecule has 10 nitrogen and oxygen atoms in total. The zero-order valence-corrected chi connectivity index (χ0v) is 20.8. The molecule has 0 aliphatic carbocycles. The fourth-order valence-corrected chi connectivity index (χ4v) is 5.08. The Balaban J connectivity index is 1.50. The summed E-state index contributed by atoms with van der Waals surface area (Å²) < 4.78 is 6.59. The third kappa shape index (κ3) is 4.48. The van der Waals surface area contributed by atoms with E-state index in [1.165, 1.54) is 7.11 Å². The van der Waals surface area contributed by atoms with Crippen LogP contribution in [0.1, 0.15) is 39.8 Å². The van der Waals surface area contributed by atoms with E-state index in [4.69, 9.17) is 15.0 Å². The molecule has 2 N–H and O–H groups in total. The zero-order valence-electron chi connectivity index (χ0n) is 20.0. The topological polar surface area (TPSA) is 115 Å².